The number of rotatable bonds is 5. The van der Waals surface area contributed by atoms with Crippen LogP contribution >= 0.6 is 0 Å². The summed E-state index contributed by atoms with van der Waals surface area (Å²) in [6.45, 7) is 9.93. The number of carbonyl (C=O) groups is 2. The molecule has 226 valence electrons. The minimum Gasteiger partial charge on any atom is -0.444 e. The van der Waals surface area contributed by atoms with E-state index in [0.29, 0.717) is 50.5 Å². The highest BCUT2D eigenvalue weighted by Crippen LogP contribution is 2.44. The molecule has 1 aliphatic carbocycles. The van der Waals surface area contributed by atoms with Gasteiger partial charge in [-0.05, 0) is 58.8 Å². The van der Waals surface area contributed by atoms with Gasteiger partial charge in [-0.2, -0.15) is 4.98 Å². The number of amides is 2. The van der Waals surface area contributed by atoms with Crippen LogP contribution in [0.15, 0.2) is 4.52 Å². The summed E-state index contributed by atoms with van der Waals surface area (Å²) in [6.07, 6.45) is 1.76. The van der Waals surface area contributed by atoms with Gasteiger partial charge in [-0.25, -0.2) is 22.0 Å². The predicted molar refractivity (Wildman–Crippen MR) is 143 cm³/mol. The van der Waals surface area contributed by atoms with Crippen LogP contribution < -0.4 is 0 Å². The molecule has 0 spiro atoms. The van der Waals surface area contributed by atoms with Gasteiger partial charge in [-0.3, -0.25) is 9.69 Å². The lowest BCUT2D eigenvalue weighted by Gasteiger charge is -2.43. The molecule has 1 saturated carbocycles. The summed E-state index contributed by atoms with van der Waals surface area (Å²) in [7, 11) is -3.48. The molecule has 1 aromatic heterocycles. The van der Waals surface area contributed by atoms with Crippen LogP contribution in [0.25, 0.3) is 0 Å². The van der Waals surface area contributed by atoms with Crippen molar-refractivity contribution < 1.29 is 36.0 Å². The molecule has 40 heavy (non-hydrogen) atoms. The topological polar surface area (TPSA) is 123 Å². The van der Waals surface area contributed by atoms with E-state index < -0.39 is 44.2 Å². The molecule has 2 amide bonds. The third-order valence-electron chi connectivity index (χ3n) is 8.81. The lowest BCUT2D eigenvalue weighted by atomic mass is 9.69. The fraction of sp³-hybridized carbons (Fsp3) is 0.852. The lowest BCUT2D eigenvalue weighted by molar-refractivity contribution is -0.138. The number of aromatic nitrogens is 2. The molecule has 1 aromatic rings. The number of halogens is 2. The number of likely N-dealkylation sites (tertiary alicyclic amines) is 2. The number of hydrogen-bond acceptors (Lipinski definition) is 8. The van der Waals surface area contributed by atoms with Crippen molar-refractivity contribution in [3.8, 4) is 0 Å². The lowest BCUT2D eigenvalue weighted by Crippen LogP contribution is -2.54. The Labute approximate surface area is 235 Å². The minimum atomic E-state index is -3.48. The normalized spacial score (nSPS) is 25.8. The van der Waals surface area contributed by atoms with E-state index in [0.717, 1.165) is 6.26 Å². The van der Waals surface area contributed by atoms with Crippen LogP contribution in [-0.4, -0.2) is 89.1 Å². The van der Waals surface area contributed by atoms with Crippen LogP contribution in [0.2, 0.25) is 0 Å². The van der Waals surface area contributed by atoms with E-state index in [2.05, 4.69) is 19.0 Å². The smallest absolute Gasteiger partial charge is 0.411 e. The summed E-state index contributed by atoms with van der Waals surface area (Å²) in [5, 5.41) is 3.44. The molecule has 4 rings (SSSR count). The summed E-state index contributed by atoms with van der Waals surface area (Å²) < 4.78 is 63.0. The average Bonchev–Trinajstić information content (AvgIpc) is 3.51. The van der Waals surface area contributed by atoms with E-state index >= 15 is 0 Å². The van der Waals surface area contributed by atoms with E-state index in [1.807, 2.05) is 0 Å². The quantitative estimate of drug-likeness (QED) is 0.499. The fourth-order valence-electron chi connectivity index (χ4n) is 6.15. The molecule has 2 atom stereocenters. The van der Waals surface area contributed by atoms with Crippen molar-refractivity contribution in [1.29, 1.82) is 0 Å². The van der Waals surface area contributed by atoms with Crippen molar-refractivity contribution in [3.05, 3.63) is 11.7 Å². The van der Waals surface area contributed by atoms with Crippen molar-refractivity contribution in [3.63, 3.8) is 0 Å². The summed E-state index contributed by atoms with van der Waals surface area (Å²) in [5.41, 5.74) is -1.26. The molecule has 10 nitrogen and oxygen atoms in total. The summed E-state index contributed by atoms with van der Waals surface area (Å²) in [6, 6.07) is -0.928. The maximum Gasteiger partial charge on any atom is 0.411 e. The molecule has 2 aliphatic heterocycles. The van der Waals surface area contributed by atoms with E-state index in [9.17, 15) is 26.8 Å². The second-order valence-corrected chi connectivity index (χ2v) is 15.4. The maximum absolute atomic E-state index is 13.7. The van der Waals surface area contributed by atoms with Gasteiger partial charge in [0.25, 0.3) is 0 Å². The predicted octanol–water partition coefficient (Wildman–Crippen LogP) is 4.30. The second kappa shape index (κ2) is 10.8. The first-order valence-electron chi connectivity index (χ1n) is 14.1. The number of sulfone groups is 1. The maximum atomic E-state index is 13.7. The molecule has 0 radical (unpaired) electrons. The third-order valence-corrected chi connectivity index (χ3v) is 10.4. The number of carbonyl (C=O) groups excluding carboxylic acids is 2. The van der Waals surface area contributed by atoms with Gasteiger partial charge < -0.3 is 14.2 Å². The molecule has 3 fully saturated rings. The Hall–Kier alpha value is -2.31. The van der Waals surface area contributed by atoms with Crippen LogP contribution in [0.3, 0.4) is 0 Å². The highest BCUT2D eigenvalue weighted by atomic mass is 32.2. The van der Waals surface area contributed by atoms with Crippen molar-refractivity contribution in [2.24, 2.45) is 5.92 Å². The van der Waals surface area contributed by atoms with E-state index in [4.69, 9.17) is 14.2 Å². The number of nitrogens with zero attached hydrogens (tertiary/aromatic N) is 4. The molecule has 0 aromatic carbocycles. The van der Waals surface area contributed by atoms with Gasteiger partial charge in [-0.1, -0.05) is 19.0 Å². The number of alkyl halides is 2. The van der Waals surface area contributed by atoms with E-state index in [1.165, 1.54) is 4.90 Å². The van der Waals surface area contributed by atoms with Crippen molar-refractivity contribution in [2.45, 2.75) is 114 Å². The van der Waals surface area contributed by atoms with E-state index in [-0.39, 0.29) is 43.6 Å². The van der Waals surface area contributed by atoms with Crippen molar-refractivity contribution in [2.75, 3.05) is 25.9 Å². The standard InChI is InChI=1S/C27H42F2N4O6S/c1-17(2)26(23-30-21(39-31-23)18-7-9-27(28,29)10-8-18)11-13-32(14-12-26)22(34)20-15-19(40(6,36)37)16-33(20)24(35)38-25(3,4)5/h17-20H,7-16H2,1-6H3/t19-,20-/m0/s1. The Morgan fingerprint density at radius 2 is 1.70 bits per heavy atom. The Morgan fingerprint density at radius 1 is 1.10 bits per heavy atom. The van der Waals surface area contributed by atoms with Crippen molar-refractivity contribution in [1.82, 2.24) is 19.9 Å². The molecule has 3 aliphatic rings. The highest BCUT2D eigenvalue weighted by molar-refractivity contribution is 7.91. The SMILES string of the molecule is CC(C)C1(c2noc(C3CCC(F)(F)CC3)n2)CCN(C(=O)[C@@H]2C[C@H](S(C)(=O)=O)CN2C(=O)OC(C)(C)C)CC1. The molecule has 0 unspecified atom stereocenters. The van der Waals surface area contributed by atoms with Gasteiger partial charge in [-0.15, -0.1) is 0 Å². The Bertz CT molecular complexity index is 1190. The van der Waals surface area contributed by atoms with Crippen molar-refractivity contribution >= 4 is 21.8 Å². The molecule has 0 bridgehead atoms. The molecular formula is C27H42F2N4O6S. The number of ether oxygens (including phenoxy) is 1. The number of hydrogen-bond donors (Lipinski definition) is 0. The second-order valence-electron chi connectivity index (χ2n) is 13.1. The summed E-state index contributed by atoms with van der Waals surface area (Å²) in [5.74, 6) is -2.07. The first-order valence-corrected chi connectivity index (χ1v) is 16.1. The van der Waals surface area contributed by atoms with Crippen LogP contribution in [-0.2, 0) is 24.8 Å². The first-order chi connectivity index (χ1) is 18.4. The Balaban J connectivity index is 1.48. The molecular weight excluding hydrogens is 546 g/mol. The Morgan fingerprint density at radius 3 is 2.23 bits per heavy atom. The fourth-order valence-corrected chi connectivity index (χ4v) is 7.11. The van der Waals surface area contributed by atoms with Gasteiger partial charge in [0.2, 0.25) is 17.7 Å². The van der Waals surface area contributed by atoms with Gasteiger partial charge in [0.1, 0.15) is 11.6 Å². The monoisotopic (exact) mass is 588 g/mol. The largest absolute Gasteiger partial charge is 0.444 e. The van der Waals surface area contributed by atoms with Crippen LogP contribution in [0.5, 0.6) is 0 Å². The van der Waals surface area contributed by atoms with Crippen LogP contribution in [0.4, 0.5) is 13.6 Å². The highest BCUT2D eigenvalue weighted by Gasteiger charge is 2.49. The van der Waals surface area contributed by atoms with Gasteiger partial charge >= 0.3 is 6.09 Å². The third kappa shape index (κ3) is 6.44. The zero-order valence-corrected chi connectivity index (χ0v) is 25.1. The molecule has 0 N–H and O–H groups in total. The van der Waals surface area contributed by atoms with Crippen LogP contribution in [0, 0.1) is 5.92 Å². The zero-order chi connectivity index (χ0) is 29.7. The van der Waals surface area contributed by atoms with Crippen LogP contribution in [0.1, 0.15) is 97.2 Å². The van der Waals surface area contributed by atoms with Gasteiger partial charge in [0.15, 0.2) is 15.7 Å². The summed E-state index contributed by atoms with van der Waals surface area (Å²) >= 11 is 0. The average molecular weight is 589 g/mol. The minimum absolute atomic E-state index is 0.0252. The van der Waals surface area contributed by atoms with Gasteiger partial charge in [0.05, 0.1) is 5.25 Å². The first kappa shape index (κ1) is 30.6. The molecule has 13 heteroatoms. The van der Waals surface area contributed by atoms with Gasteiger partial charge in [0, 0.05) is 50.1 Å². The molecule has 2 saturated heterocycles. The zero-order valence-electron chi connectivity index (χ0n) is 24.3. The van der Waals surface area contributed by atoms with E-state index in [1.54, 1.807) is 25.7 Å². The number of piperidine rings is 1. The molecule has 3 heterocycles. The summed E-state index contributed by atoms with van der Waals surface area (Å²) in [4.78, 5) is 34.3. The Kier molecular flexibility index (Phi) is 8.30.